The Hall–Kier alpha value is -2.33. The monoisotopic (exact) mass is 486 g/mol. The third kappa shape index (κ3) is 5.60. The number of carbonyl (C=O) groups excluding carboxylic acids is 1. The second-order valence-corrected chi connectivity index (χ2v) is 10.5. The Morgan fingerprint density at radius 2 is 1.70 bits per heavy atom. The number of aryl methyl sites for hydroxylation is 2. The van der Waals surface area contributed by atoms with Crippen LogP contribution >= 0.6 is 0 Å². The summed E-state index contributed by atoms with van der Waals surface area (Å²) in [7, 11) is -3.79. The number of nitrogens with zero attached hydrogens (tertiary/aromatic N) is 2. The van der Waals surface area contributed by atoms with Gasteiger partial charge in [-0.1, -0.05) is 6.07 Å². The second-order valence-electron chi connectivity index (χ2n) is 8.66. The summed E-state index contributed by atoms with van der Waals surface area (Å²) in [4.78, 5) is 14.0. The lowest BCUT2D eigenvalue weighted by molar-refractivity contribution is -0.166. The SMILES string of the molecule is Cc1cc(C)c(C)c(S(=O)(=O)N2CCC(C(=O)N(Cc3ccco3)CC(F)(F)F)CC2)c1C. The number of carbonyl (C=O) groups is 1. The van der Waals surface area contributed by atoms with Crippen LogP contribution in [0.25, 0.3) is 0 Å². The van der Waals surface area contributed by atoms with Gasteiger partial charge in [0.1, 0.15) is 12.3 Å². The van der Waals surface area contributed by atoms with Crippen LogP contribution in [-0.4, -0.2) is 49.3 Å². The Kier molecular flexibility index (Phi) is 7.28. The zero-order valence-corrected chi connectivity index (χ0v) is 20.0. The Balaban J connectivity index is 1.76. The third-order valence-corrected chi connectivity index (χ3v) is 8.48. The average molecular weight is 487 g/mol. The molecular weight excluding hydrogens is 457 g/mol. The molecule has 0 aliphatic carbocycles. The van der Waals surface area contributed by atoms with Crippen LogP contribution in [0.1, 0.15) is 40.9 Å². The summed E-state index contributed by atoms with van der Waals surface area (Å²) in [6.45, 7) is 5.75. The summed E-state index contributed by atoms with van der Waals surface area (Å²) in [5, 5.41) is 0. The first-order valence-corrected chi connectivity index (χ1v) is 12.2. The maximum absolute atomic E-state index is 13.4. The van der Waals surface area contributed by atoms with Gasteiger partial charge in [-0.05, 0) is 74.9 Å². The van der Waals surface area contributed by atoms with Crippen molar-refractivity contribution in [2.75, 3.05) is 19.6 Å². The molecule has 0 atom stereocenters. The highest BCUT2D eigenvalue weighted by atomic mass is 32.2. The molecule has 3 rings (SSSR count). The Morgan fingerprint density at radius 3 is 2.18 bits per heavy atom. The van der Waals surface area contributed by atoms with Gasteiger partial charge in [0.2, 0.25) is 15.9 Å². The van der Waals surface area contributed by atoms with E-state index < -0.39 is 34.6 Å². The smallest absolute Gasteiger partial charge is 0.406 e. The molecule has 1 aliphatic rings. The van der Waals surface area contributed by atoms with Crippen LogP contribution in [0.5, 0.6) is 0 Å². The minimum Gasteiger partial charge on any atom is -0.467 e. The number of alkyl halides is 3. The molecule has 10 heteroatoms. The maximum atomic E-state index is 13.4. The topological polar surface area (TPSA) is 70.8 Å². The van der Waals surface area contributed by atoms with Gasteiger partial charge >= 0.3 is 6.18 Å². The van der Waals surface area contributed by atoms with E-state index in [0.29, 0.717) is 11.1 Å². The molecule has 1 aromatic heterocycles. The summed E-state index contributed by atoms with van der Waals surface area (Å²) in [5.41, 5.74) is 3.13. The fourth-order valence-electron chi connectivity index (χ4n) is 4.32. The zero-order chi connectivity index (χ0) is 24.6. The number of piperidine rings is 1. The summed E-state index contributed by atoms with van der Waals surface area (Å²) in [6, 6.07) is 5.01. The molecule has 1 fully saturated rings. The number of amides is 1. The third-order valence-electron chi connectivity index (χ3n) is 6.31. The van der Waals surface area contributed by atoms with Gasteiger partial charge in [0, 0.05) is 19.0 Å². The summed E-state index contributed by atoms with van der Waals surface area (Å²) in [5.74, 6) is -1.07. The van der Waals surface area contributed by atoms with Crippen LogP contribution in [0.2, 0.25) is 0 Å². The van der Waals surface area contributed by atoms with Crippen molar-refractivity contribution in [2.24, 2.45) is 5.92 Å². The molecule has 1 amide bonds. The number of sulfonamides is 1. The first-order chi connectivity index (χ1) is 15.3. The zero-order valence-electron chi connectivity index (χ0n) is 19.2. The minimum absolute atomic E-state index is 0.0746. The molecule has 182 valence electrons. The highest BCUT2D eigenvalue weighted by Gasteiger charge is 2.39. The quantitative estimate of drug-likeness (QED) is 0.603. The highest BCUT2D eigenvalue weighted by Crippen LogP contribution is 2.32. The molecule has 0 spiro atoms. The Labute approximate surface area is 192 Å². The van der Waals surface area contributed by atoms with E-state index in [4.69, 9.17) is 4.42 Å². The van der Waals surface area contributed by atoms with Crippen molar-refractivity contribution in [3.63, 3.8) is 0 Å². The molecule has 1 aromatic carbocycles. The fraction of sp³-hybridized carbons (Fsp3) is 0.522. The number of rotatable bonds is 6. The van der Waals surface area contributed by atoms with E-state index >= 15 is 0 Å². The van der Waals surface area contributed by atoms with Crippen molar-refractivity contribution in [1.29, 1.82) is 0 Å². The van der Waals surface area contributed by atoms with Gasteiger partial charge < -0.3 is 9.32 Å². The molecule has 1 saturated heterocycles. The average Bonchev–Trinajstić information content (AvgIpc) is 3.23. The maximum Gasteiger partial charge on any atom is 0.406 e. The Bertz CT molecular complexity index is 1080. The van der Waals surface area contributed by atoms with Crippen LogP contribution in [0.3, 0.4) is 0 Å². The van der Waals surface area contributed by atoms with Gasteiger partial charge in [-0.2, -0.15) is 17.5 Å². The molecule has 0 bridgehead atoms. The summed E-state index contributed by atoms with van der Waals surface area (Å²) >= 11 is 0. The van der Waals surface area contributed by atoms with E-state index in [9.17, 15) is 26.4 Å². The number of hydrogen-bond donors (Lipinski definition) is 0. The van der Waals surface area contributed by atoms with Gasteiger partial charge in [-0.25, -0.2) is 8.42 Å². The number of furan rings is 1. The molecule has 0 unspecified atom stereocenters. The molecule has 0 radical (unpaired) electrons. The number of benzene rings is 1. The van der Waals surface area contributed by atoms with Crippen molar-refractivity contribution in [3.05, 3.63) is 52.5 Å². The van der Waals surface area contributed by atoms with Crippen LogP contribution in [-0.2, 0) is 21.4 Å². The van der Waals surface area contributed by atoms with Crippen LogP contribution in [0.4, 0.5) is 13.2 Å². The van der Waals surface area contributed by atoms with Gasteiger partial charge in [-0.3, -0.25) is 4.79 Å². The molecule has 0 N–H and O–H groups in total. The first-order valence-electron chi connectivity index (χ1n) is 10.8. The van der Waals surface area contributed by atoms with Crippen LogP contribution < -0.4 is 0 Å². The van der Waals surface area contributed by atoms with Crippen molar-refractivity contribution >= 4 is 15.9 Å². The van der Waals surface area contributed by atoms with Crippen molar-refractivity contribution in [1.82, 2.24) is 9.21 Å². The molecule has 0 saturated carbocycles. The second kappa shape index (κ2) is 9.50. The number of halogens is 3. The fourth-order valence-corrected chi connectivity index (χ4v) is 6.36. The molecule has 33 heavy (non-hydrogen) atoms. The van der Waals surface area contributed by atoms with Gasteiger partial charge in [0.25, 0.3) is 0 Å². The van der Waals surface area contributed by atoms with Gasteiger partial charge in [0.15, 0.2) is 0 Å². The van der Waals surface area contributed by atoms with Crippen LogP contribution in [0.15, 0.2) is 33.8 Å². The van der Waals surface area contributed by atoms with Crippen molar-refractivity contribution < 1.29 is 30.8 Å². The van der Waals surface area contributed by atoms with Crippen molar-refractivity contribution in [2.45, 2.75) is 58.2 Å². The van der Waals surface area contributed by atoms with E-state index in [2.05, 4.69) is 0 Å². The van der Waals surface area contributed by atoms with E-state index in [-0.39, 0.29) is 43.1 Å². The first kappa shape index (κ1) is 25.3. The standard InChI is InChI=1S/C23H29F3N2O4S/c1-15-12-16(2)18(4)21(17(15)3)33(30,31)28-9-7-19(8-10-28)22(29)27(14-23(24,25)26)13-20-6-5-11-32-20/h5-6,11-12,19H,7-10,13-14H2,1-4H3. The molecule has 2 aromatic rings. The van der Waals surface area contributed by atoms with Gasteiger partial charge in [-0.15, -0.1) is 0 Å². The minimum atomic E-state index is -4.55. The molecule has 1 aliphatic heterocycles. The largest absolute Gasteiger partial charge is 0.467 e. The van der Waals surface area contributed by atoms with Gasteiger partial charge in [0.05, 0.1) is 17.7 Å². The Morgan fingerprint density at radius 1 is 1.12 bits per heavy atom. The van der Waals surface area contributed by atoms with E-state index in [0.717, 1.165) is 16.0 Å². The molecule has 6 nitrogen and oxygen atoms in total. The summed E-state index contributed by atoms with van der Waals surface area (Å²) < 4.78 is 72.6. The highest BCUT2D eigenvalue weighted by molar-refractivity contribution is 7.89. The predicted molar refractivity (Wildman–Crippen MR) is 117 cm³/mol. The van der Waals surface area contributed by atoms with Crippen LogP contribution in [0, 0.1) is 33.6 Å². The molecule has 2 heterocycles. The lowest BCUT2D eigenvalue weighted by atomic mass is 9.96. The lowest BCUT2D eigenvalue weighted by Crippen LogP contribution is -2.46. The predicted octanol–water partition coefficient (Wildman–Crippen LogP) is 4.51. The number of hydrogen-bond acceptors (Lipinski definition) is 4. The summed E-state index contributed by atoms with van der Waals surface area (Å²) in [6.07, 6.45) is -2.89. The van der Waals surface area contributed by atoms with E-state index in [1.165, 1.54) is 16.6 Å². The lowest BCUT2D eigenvalue weighted by Gasteiger charge is -2.34. The van der Waals surface area contributed by atoms with E-state index in [1.54, 1.807) is 19.9 Å². The molecular formula is C23H29F3N2O4S. The normalized spacial score (nSPS) is 16.2. The van der Waals surface area contributed by atoms with Crippen molar-refractivity contribution in [3.8, 4) is 0 Å². The van der Waals surface area contributed by atoms with E-state index in [1.807, 2.05) is 19.9 Å².